The maximum atomic E-state index is 12.8. The van der Waals surface area contributed by atoms with Gasteiger partial charge in [-0.1, -0.05) is 13.8 Å². The molecule has 0 aromatic rings. The Kier molecular flexibility index (Phi) is 2.84. The highest BCUT2D eigenvalue weighted by Crippen LogP contribution is 2.70. The first kappa shape index (κ1) is 14.0. The van der Waals surface area contributed by atoms with Crippen molar-refractivity contribution in [1.82, 2.24) is 10.2 Å². The minimum absolute atomic E-state index is 0.325. The number of likely N-dealkylation sites (N-methyl/N-ethyl adjacent to an activating group) is 1. The first-order valence-corrected chi connectivity index (χ1v) is 8.77. The number of hydrogen-bond donors (Lipinski definition) is 1. The summed E-state index contributed by atoms with van der Waals surface area (Å²) in [5, 5.41) is 3.27. The van der Waals surface area contributed by atoms with Gasteiger partial charge in [-0.2, -0.15) is 0 Å². The number of nitrogens with zero attached hydrogens (tertiary/aromatic N) is 1. The fraction of sp³-hybridized carbons (Fsp3) is 0.944. The molecule has 5 fully saturated rings. The number of rotatable bonds is 3. The Morgan fingerprint density at radius 2 is 1.71 bits per heavy atom. The number of carbonyl (C=O) groups is 1. The van der Waals surface area contributed by atoms with Crippen LogP contribution in [0.15, 0.2) is 0 Å². The summed E-state index contributed by atoms with van der Waals surface area (Å²) < 4.78 is 0. The van der Waals surface area contributed by atoms with Crippen LogP contribution in [0.2, 0.25) is 0 Å². The van der Waals surface area contributed by atoms with Crippen molar-refractivity contribution in [3.05, 3.63) is 0 Å². The van der Waals surface area contributed by atoms with Crippen LogP contribution >= 0.6 is 0 Å². The molecule has 2 atom stereocenters. The maximum Gasteiger partial charge on any atom is 0.223 e. The maximum absolute atomic E-state index is 12.8. The lowest BCUT2D eigenvalue weighted by molar-refractivity contribution is -0.161. The Hall–Kier alpha value is -0.570. The van der Waals surface area contributed by atoms with Crippen LogP contribution in [0.25, 0.3) is 0 Å². The second kappa shape index (κ2) is 4.24. The molecule has 21 heavy (non-hydrogen) atoms. The summed E-state index contributed by atoms with van der Waals surface area (Å²) in [6, 6.07) is 0.442. The van der Waals surface area contributed by atoms with E-state index in [9.17, 15) is 4.79 Å². The summed E-state index contributed by atoms with van der Waals surface area (Å²) in [5.74, 6) is 1.29. The van der Waals surface area contributed by atoms with E-state index in [2.05, 4.69) is 19.2 Å². The molecule has 5 rings (SSSR count). The van der Waals surface area contributed by atoms with Gasteiger partial charge in [-0.25, -0.2) is 0 Å². The lowest BCUT2D eigenvalue weighted by atomic mass is 9.40. The number of hydrogen-bond acceptors (Lipinski definition) is 2. The predicted octanol–water partition coefficient (Wildman–Crippen LogP) is 2.80. The molecule has 1 amide bonds. The quantitative estimate of drug-likeness (QED) is 0.867. The molecule has 3 nitrogen and oxygen atoms in total. The average Bonchev–Trinajstić information content (AvgIpc) is 2.19. The number of amides is 1. The van der Waals surface area contributed by atoms with Gasteiger partial charge >= 0.3 is 0 Å². The van der Waals surface area contributed by atoms with Gasteiger partial charge in [-0.05, 0) is 60.7 Å². The second-order valence-corrected chi connectivity index (χ2v) is 9.62. The summed E-state index contributed by atoms with van der Waals surface area (Å²) >= 11 is 0. The van der Waals surface area contributed by atoms with E-state index in [0.717, 1.165) is 25.4 Å². The second-order valence-electron chi connectivity index (χ2n) is 9.62. The van der Waals surface area contributed by atoms with E-state index in [1.54, 1.807) is 0 Å². The monoisotopic (exact) mass is 290 g/mol. The molecule has 5 aliphatic rings. The molecule has 2 unspecified atom stereocenters. The van der Waals surface area contributed by atoms with Crippen molar-refractivity contribution in [3.63, 3.8) is 0 Å². The van der Waals surface area contributed by atoms with Crippen molar-refractivity contribution < 1.29 is 4.79 Å². The molecule has 0 aromatic carbocycles. The standard InChI is InChI=1S/C18H30N2O/c1-16-4-13-5-17(2,10-16)12-18(6-13,11-16)7-15(21)20(3)14-8-19-9-14/h13-14,19H,4-12H2,1-3H3. The van der Waals surface area contributed by atoms with Gasteiger partial charge in [0.15, 0.2) is 0 Å². The molecule has 1 heterocycles. The van der Waals surface area contributed by atoms with Crippen molar-refractivity contribution in [2.45, 2.75) is 64.8 Å². The molecular weight excluding hydrogens is 260 g/mol. The SMILES string of the molecule is CN(C(=O)CC12CC3CC(C)(CC(C)(C3)C1)C2)C1CNC1. The Labute approximate surface area is 128 Å². The van der Waals surface area contributed by atoms with E-state index in [4.69, 9.17) is 0 Å². The lowest BCUT2D eigenvalue weighted by Gasteiger charge is -2.65. The third-order valence-corrected chi connectivity index (χ3v) is 6.97. The molecule has 4 saturated carbocycles. The Balaban J connectivity index is 1.52. The van der Waals surface area contributed by atoms with E-state index >= 15 is 0 Å². The van der Waals surface area contributed by atoms with Gasteiger partial charge in [-0.15, -0.1) is 0 Å². The molecule has 1 saturated heterocycles. The van der Waals surface area contributed by atoms with Crippen molar-refractivity contribution >= 4 is 5.91 Å². The highest BCUT2D eigenvalue weighted by atomic mass is 16.2. The average molecular weight is 290 g/mol. The van der Waals surface area contributed by atoms with E-state index < -0.39 is 0 Å². The Bertz CT molecular complexity index is 452. The topological polar surface area (TPSA) is 32.3 Å². The molecular formula is C18H30N2O. The first-order valence-electron chi connectivity index (χ1n) is 8.77. The Morgan fingerprint density at radius 1 is 1.10 bits per heavy atom. The van der Waals surface area contributed by atoms with Crippen molar-refractivity contribution in [3.8, 4) is 0 Å². The van der Waals surface area contributed by atoms with Crippen molar-refractivity contribution in [2.75, 3.05) is 20.1 Å². The fourth-order valence-electron chi connectivity index (χ4n) is 7.08. The lowest BCUT2D eigenvalue weighted by Crippen LogP contribution is -2.59. The summed E-state index contributed by atoms with van der Waals surface area (Å²) in [4.78, 5) is 14.8. The van der Waals surface area contributed by atoms with Gasteiger partial charge in [0.05, 0.1) is 6.04 Å². The molecule has 1 aliphatic heterocycles. The number of carbonyl (C=O) groups excluding carboxylic acids is 1. The zero-order chi connectivity index (χ0) is 14.9. The predicted molar refractivity (Wildman–Crippen MR) is 83.9 cm³/mol. The Morgan fingerprint density at radius 3 is 2.19 bits per heavy atom. The van der Waals surface area contributed by atoms with Gasteiger partial charge < -0.3 is 10.2 Å². The van der Waals surface area contributed by atoms with Crippen molar-refractivity contribution in [1.29, 1.82) is 0 Å². The fourth-order valence-corrected chi connectivity index (χ4v) is 7.08. The van der Waals surface area contributed by atoms with E-state index in [0.29, 0.717) is 28.2 Å². The highest BCUT2D eigenvalue weighted by Gasteiger charge is 2.60. The van der Waals surface area contributed by atoms with E-state index in [-0.39, 0.29) is 0 Å². The van der Waals surface area contributed by atoms with Crippen LogP contribution in [0, 0.1) is 22.2 Å². The van der Waals surface area contributed by atoms with Crippen LogP contribution in [-0.4, -0.2) is 37.0 Å². The molecule has 0 spiro atoms. The van der Waals surface area contributed by atoms with Crippen LogP contribution < -0.4 is 5.32 Å². The van der Waals surface area contributed by atoms with Gasteiger partial charge in [0.25, 0.3) is 0 Å². The van der Waals surface area contributed by atoms with Crippen LogP contribution in [0.3, 0.4) is 0 Å². The van der Waals surface area contributed by atoms with Crippen LogP contribution in [0.1, 0.15) is 58.8 Å². The molecule has 0 aromatic heterocycles. The molecule has 4 bridgehead atoms. The third-order valence-electron chi connectivity index (χ3n) is 6.97. The third kappa shape index (κ3) is 2.23. The van der Waals surface area contributed by atoms with Crippen LogP contribution in [0.5, 0.6) is 0 Å². The zero-order valence-corrected chi connectivity index (χ0v) is 13.9. The van der Waals surface area contributed by atoms with Gasteiger partial charge in [0, 0.05) is 26.6 Å². The first-order chi connectivity index (χ1) is 9.81. The summed E-state index contributed by atoms with van der Waals surface area (Å²) in [5.41, 5.74) is 1.36. The molecule has 4 aliphatic carbocycles. The largest absolute Gasteiger partial charge is 0.340 e. The van der Waals surface area contributed by atoms with Gasteiger partial charge in [-0.3, -0.25) is 4.79 Å². The summed E-state index contributed by atoms with van der Waals surface area (Å²) in [7, 11) is 2.01. The minimum Gasteiger partial charge on any atom is -0.340 e. The molecule has 1 N–H and O–H groups in total. The van der Waals surface area contributed by atoms with Crippen molar-refractivity contribution in [2.24, 2.45) is 22.2 Å². The number of nitrogens with one attached hydrogen (secondary N) is 1. The summed E-state index contributed by atoms with van der Waals surface area (Å²) in [6.45, 7) is 6.95. The minimum atomic E-state index is 0.325. The van der Waals surface area contributed by atoms with Crippen LogP contribution in [0.4, 0.5) is 0 Å². The van der Waals surface area contributed by atoms with E-state index in [1.807, 2.05) is 11.9 Å². The van der Waals surface area contributed by atoms with E-state index in [1.165, 1.54) is 38.5 Å². The van der Waals surface area contributed by atoms with Gasteiger partial charge in [0.1, 0.15) is 0 Å². The zero-order valence-electron chi connectivity index (χ0n) is 13.9. The smallest absolute Gasteiger partial charge is 0.223 e. The summed E-state index contributed by atoms with van der Waals surface area (Å²) in [6.07, 6.45) is 8.96. The van der Waals surface area contributed by atoms with Crippen LogP contribution in [-0.2, 0) is 4.79 Å². The highest BCUT2D eigenvalue weighted by molar-refractivity contribution is 5.77. The van der Waals surface area contributed by atoms with Gasteiger partial charge in [0.2, 0.25) is 5.91 Å². The molecule has 0 radical (unpaired) electrons. The molecule has 3 heteroatoms. The molecule has 118 valence electrons. The normalized spacial score (nSPS) is 48.2.